The number of rotatable bonds is 12. The molecule has 5 aromatic rings. The second kappa shape index (κ2) is 13.3. The van der Waals surface area contributed by atoms with Gasteiger partial charge in [0.15, 0.2) is 0 Å². The lowest BCUT2D eigenvalue weighted by Gasteiger charge is -2.12. The van der Waals surface area contributed by atoms with E-state index in [-0.39, 0.29) is 24.5 Å². The maximum absolute atomic E-state index is 14.5. The van der Waals surface area contributed by atoms with E-state index in [1.54, 1.807) is 22.8 Å². The van der Waals surface area contributed by atoms with Gasteiger partial charge >= 0.3 is 11.7 Å². The summed E-state index contributed by atoms with van der Waals surface area (Å²) in [6, 6.07) is 27.8. The summed E-state index contributed by atoms with van der Waals surface area (Å²) in [5.74, 6) is -0.0722. The minimum atomic E-state index is -0.906. The Morgan fingerprint density at radius 1 is 0.907 bits per heavy atom. The minimum Gasteiger partial charge on any atom is -0.494 e. The summed E-state index contributed by atoms with van der Waals surface area (Å²) >= 11 is 0. The summed E-state index contributed by atoms with van der Waals surface area (Å²) in [5, 5.41) is 14.0. The van der Waals surface area contributed by atoms with Crippen LogP contribution >= 0.6 is 0 Å². The molecule has 0 unspecified atom stereocenters. The highest BCUT2D eigenvalue weighted by Crippen LogP contribution is 2.28. The van der Waals surface area contributed by atoms with Gasteiger partial charge in [0, 0.05) is 17.5 Å². The number of carboxylic acids is 1. The maximum atomic E-state index is 14.5. The third-order valence-corrected chi connectivity index (χ3v) is 7.36. The third kappa shape index (κ3) is 7.09. The fourth-order valence-corrected chi connectivity index (χ4v) is 5.10. The second-order valence-electron chi connectivity index (χ2n) is 10.5. The van der Waals surface area contributed by atoms with Gasteiger partial charge in [0.1, 0.15) is 17.4 Å². The lowest BCUT2D eigenvalue weighted by Crippen LogP contribution is -2.25. The van der Waals surface area contributed by atoms with Crippen LogP contribution in [0.4, 0.5) is 4.39 Å². The first kappa shape index (κ1) is 29.5. The zero-order valence-electron chi connectivity index (χ0n) is 24.3. The summed E-state index contributed by atoms with van der Waals surface area (Å²) in [6.07, 6.45) is 1.94. The van der Waals surface area contributed by atoms with Gasteiger partial charge in [0.05, 0.1) is 25.3 Å². The van der Waals surface area contributed by atoms with Crippen molar-refractivity contribution in [2.45, 2.75) is 46.1 Å². The Bertz CT molecular complexity index is 1770. The third-order valence-electron chi connectivity index (χ3n) is 7.36. The summed E-state index contributed by atoms with van der Waals surface area (Å²) in [6.45, 7) is 4.42. The van der Waals surface area contributed by atoms with Gasteiger partial charge in [-0.1, -0.05) is 66.2 Å². The number of benzene rings is 4. The number of aromatic nitrogens is 3. The van der Waals surface area contributed by atoms with Crippen molar-refractivity contribution >= 4 is 5.97 Å². The standard InChI is InChI=1S/C35H34FN3O4/c1-3-43-32-20-17-27(21-29(32)22-34(40)41)26-15-13-25(14-16-26)7-6-10-33-37-39(30-18-11-24(2)12-19-30)35(42)38(33)23-28-8-4-5-9-31(28)36/h4-5,8-9,11-21H,3,6-7,10,22-23H2,1-2H3,(H,40,41). The molecule has 5 rings (SSSR count). The molecule has 1 aromatic heterocycles. The average molecular weight is 580 g/mol. The highest BCUT2D eigenvalue weighted by molar-refractivity contribution is 5.74. The van der Waals surface area contributed by atoms with Crippen LogP contribution in [0.5, 0.6) is 5.75 Å². The molecular formula is C35H34FN3O4. The molecule has 0 bridgehead atoms. The summed E-state index contributed by atoms with van der Waals surface area (Å²) in [5.41, 5.74) is 5.55. The first-order chi connectivity index (χ1) is 20.8. The second-order valence-corrected chi connectivity index (χ2v) is 10.5. The number of aliphatic carboxylic acids is 1. The Labute approximate surface area is 249 Å². The zero-order chi connectivity index (χ0) is 30.3. The van der Waals surface area contributed by atoms with E-state index in [2.05, 4.69) is 17.2 Å². The van der Waals surface area contributed by atoms with Crippen LogP contribution in [-0.2, 0) is 30.6 Å². The number of carbonyl (C=O) groups is 1. The van der Waals surface area contributed by atoms with Crippen molar-refractivity contribution in [1.29, 1.82) is 0 Å². The van der Waals surface area contributed by atoms with E-state index in [1.165, 1.54) is 10.7 Å². The van der Waals surface area contributed by atoms with Crippen molar-refractivity contribution in [3.8, 4) is 22.6 Å². The molecule has 0 aliphatic carbocycles. The van der Waals surface area contributed by atoms with Crippen LogP contribution in [0.3, 0.4) is 0 Å². The lowest BCUT2D eigenvalue weighted by molar-refractivity contribution is -0.136. The molecule has 220 valence electrons. The Morgan fingerprint density at radius 3 is 2.33 bits per heavy atom. The van der Waals surface area contributed by atoms with Gasteiger partial charge in [-0.05, 0) is 73.7 Å². The Balaban J connectivity index is 1.33. The molecule has 8 heteroatoms. The van der Waals surface area contributed by atoms with Crippen molar-refractivity contribution in [1.82, 2.24) is 14.3 Å². The van der Waals surface area contributed by atoms with Gasteiger partial charge in [-0.15, -0.1) is 5.10 Å². The van der Waals surface area contributed by atoms with Crippen LogP contribution in [0.2, 0.25) is 0 Å². The number of hydrogen-bond acceptors (Lipinski definition) is 4. The normalized spacial score (nSPS) is 11.0. The van der Waals surface area contributed by atoms with Crippen molar-refractivity contribution in [2.75, 3.05) is 6.61 Å². The number of ether oxygens (including phenoxy) is 1. The van der Waals surface area contributed by atoms with Crippen LogP contribution in [0.15, 0.2) is 95.8 Å². The quantitative estimate of drug-likeness (QED) is 0.185. The predicted octanol–water partition coefficient (Wildman–Crippen LogP) is 6.40. The van der Waals surface area contributed by atoms with E-state index in [1.807, 2.05) is 68.4 Å². The number of carboxylic acid groups (broad SMARTS) is 1. The molecular weight excluding hydrogens is 545 g/mol. The first-order valence-electron chi connectivity index (χ1n) is 14.4. The van der Waals surface area contributed by atoms with Crippen LogP contribution in [0, 0.1) is 12.7 Å². The van der Waals surface area contributed by atoms with Crippen molar-refractivity contribution < 1.29 is 19.0 Å². The van der Waals surface area contributed by atoms with Crippen molar-refractivity contribution in [3.05, 3.63) is 135 Å². The molecule has 0 amide bonds. The van der Waals surface area contributed by atoms with E-state index in [0.29, 0.717) is 41.4 Å². The van der Waals surface area contributed by atoms with Crippen molar-refractivity contribution in [3.63, 3.8) is 0 Å². The largest absolute Gasteiger partial charge is 0.494 e. The topological polar surface area (TPSA) is 86.4 Å². The molecule has 0 radical (unpaired) electrons. The molecule has 0 saturated heterocycles. The van der Waals surface area contributed by atoms with Gasteiger partial charge in [0.25, 0.3) is 0 Å². The molecule has 43 heavy (non-hydrogen) atoms. The Hall–Kier alpha value is -4.98. The maximum Gasteiger partial charge on any atom is 0.351 e. The number of hydrogen-bond donors (Lipinski definition) is 1. The van der Waals surface area contributed by atoms with Gasteiger partial charge < -0.3 is 9.84 Å². The van der Waals surface area contributed by atoms with E-state index < -0.39 is 5.97 Å². The molecule has 0 aliphatic rings. The predicted molar refractivity (Wildman–Crippen MR) is 164 cm³/mol. The summed E-state index contributed by atoms with van der Waals surface area (Å²) in [7, 11) is 0. The van der Waals surface area contributed by atoms with Crippen LogP contribution in [-0.4, -0.2) is 32.0 Å². The zero-order valence-corrected chi connectivity index (χ0v) is 24.3. The van der Waals surface area contributed by atoms with Crippen LogP contribution < -0.4 is 10.4 Å². The Kier molecular flexibility index (Phi) is 9.15. The number of nitrogens with zero attached hydrogens (tertiary/aromatic N) is 3. The van der Waals surface area contributed by atoms with Gasteiger partial charge in [-0.25, -0.2) is 9.18 Å². The number of halogens is 1. The highest BCUT2D eigenvalue weighted by atomic mass is 19.1. The van der Waals surface area contributed by atoms with Crippen molar-refractivity contribution in [2.24, 2.45) is 0 Å². The molecule has 7 nitrogen and oxygen atoms in total. The molecule has 4 aromatic carbocycles. The molecule has 0 fully saturated rings. The fourth-order valence-electron chi connectivity index (χ4n) is 5.10. The number of aryl methyl sites for hydroxylation is 3. The smallest absolute Gasteiger partial charge is 0.351 e. The van der Waals surface area contributed by atoms with E-state index >= 15 is 0 Å². The van der Waals surface area contributed by atoms with Crippen LogP contribution in [0.1, 0.15) is 41.4 Å². The van der Waals surface area contributed by atoms with Gasteiger partial charge in [-0.3, -0.25) is 9.36 Å². The lowest BCUT2D eigenvalue weighted by atomic mass is 9.98. The molecule has 0 aliphatic heterocycles. The monoisotopic (exact) mass is 579 g/mol. The van der Waals surface area contributed by atoms with Gasteiger partial charge in [0.2, 0.25) is 0 Å². The summed E-state index contributed by atoms with van der Waals surface area (Å²) < 4.78 is 23.0. The molecule has 1 heterocycles. The van der Waals surface area contributed by atoms with E-state index in [4.69, 9.17) is 4.74 Å². The molecule has 0 atom stereocenters. The highest BCUT2D eigenvalue weighted by Gasteiger charge is 2.17. The minimum absolute atomic E-state index is 0.105. The SMILES string of the molecule is CCOc1ccc(-c2ccc(CCCc3nn(-c4ccc(C)cc4)c(=O)n3Cc3ccccc3F)cc2)cc1CC(=O)O. The first-order valence-corrected chi connectivity index (χ1v) is 14.4. The van der Waals surface area contributed by atoms with E-state index in [0.717, 1.165) is 35.1 Å². The average Bonchev–Trinajstić information content (AvgIpc) is 3.30. The van der Waals surface area contributed by atoms with Crippen LogP contribution in [0.25, 0.3) is 16.8 Å². The fraction of sp³-hybridized carbons (Fsp3) is 0.229. The molecule has 0 spiro atoms. The van der Waals surface area contributed by atoms with Gasteiger partial charge in [-0.2, -0.15) is 4.68 Å². The Morgan fingerprint density at radius 2 is 1.63 bits per heavy atom. The summed E-state index contributed by atoms with van der Waals surface area (Å²) in [4.78, 5) is 24.8. The molecule has 1 N–H and O–H groups in total. The van der Waals surface area contributed by atoms with E-state index in [9.17, 15) is 19.1 Å². The molecule has 0 saturated carbocycles.